The first-order valence-corrected chi connectivity index (χ1v) is 8.48. The molecule has 1 aliphatic heterocycles. The van der Waals surface area contributed by atoms with Crippen LogP contribution in [0, 0.1) is 5.92 Å². The first kappa shape index (κ1) is 20.0. The largest absolute Gasteiger partial charge is 0.340 e. The van der Waals surface area contributed by atoms with Crippen molar-refractivity contribution in [2.45, 2.75) is 56.9 Å². The molecule has 6 heteroatoms. The molecule has 0 bridgehead atoms. The number of hydrogen-bond donors (Lipinski definition) is 1. The van der Waals surface area contributed by atoms with Gasteiger partial charge in [0.15, 0.2) is 0 Å². The van der Waals surface area contributed by atoms with E-state index >= 15 is 0 Å². The third kappa shape index (κ3) is 4.98. The number of hydrogen-bond acceptors (Lipinski definition) is 3. The van der Waals surface area contributed by atoms with Crippen molar-refractivity contribution >= 4 is 30.7 Å². The van der Waals surface area contributed by atoms with Crippen LogP contribution in [0.4, 0.5) is 0 Å². The number of amides is 1. The number of nitrogens with two attached hydrogens (primary N) is 1. The minimum atomic E-state index is -0.488. The zero-order valence-electron chi connectivity index (χ0n) is 13.5. The van der Waals surface area contributed by atoms with Crippen LogP contribution in [0.15, 0.2) is 0 Å². The lowest BCUT2D eigenvalue weighted by atomic mass is 9.89. The van der Waals surface area contributed by atoms with Crippen molar-refractivity contribution in [3.05, 3.63) is 0 Å². The Hall–Kier alpha value is -0.0300. The third-order valence-electron chi connectivity index (χ3n) is 5.33. The van der Waals surface area contributed by atoms with Crippen LogP contribution in [0.2, 0.25) is 0 Å². The minimum Gasteiger partial charge on any atom is -0.340 e. The summed E-state index contributed by atoms with van der Waals surface area (Å²) in [5, 5.41) is 0. The van der Waals surface area contributed by atoms with Gasteiger partial charge in [0.1, 0.15) is 0 Å². The predicted octanol–water partition coefficient (Wildman–Crippen LogP) is 2.44. The lowest BCUT2D eigenvalue weighted by Gasteiger charge is -2.29. The topological polar surface area (TPSA) is 49.6 Å². The van der Waals surface area contributed by atoms with Gasteiger partial charge in [-0.3, -0.25) is 4.79 Å². The van der Waals surface area contributed by atoms with Gasteiger partial charge in [0.05, 0.1) is 5.54 Å². The average Bonchev–Trinajstić information content (AvgIpc) is 3.24. The fourth-order valence-electron chi connectivity index (χ4n) is 3.75. The van der Waals surface area contributed by atoms with Crippen molar-refractivity contribution < 1.29 is 4.79 Å². The smallest absolute Gasteiger partial charge is 0.242 e. The van der Waals surface area contributed by atoms with Gasteiger partial charge in [-0.15, -0.1) is 24.8 Å². The van der Waals surface area contributed by atoms with Crippen molar-refractivity contribution in [2.75, 3.05) is 32.7 Å². The van der Waals surface area contributed by atoms with Gasteiger partial charge in [-0.25, -0.2) is 0 Å². The molecule has 3 rings (SSSR count). The number of rotatable bonds is 3. The maximum absolute atomic E-state index is 12.3. The number of halogens is 2. The van der Waals surface area contributed by atoms with Crippen molar-refractivity contribution in [2.24, 2.45) is 11.7 Å². The Morgan fingerprint density at radius 3 is 2.27 bits per heavy atom. The number of carbonyl (C=O) groups is 1. The van der Waals surface area contributed by atoms with Gasteiger partial charge in [0, 0.05) is 26.2 Å². The van der Waals surface area contributed by atoms with E-state index in [0.717, 1.165) is 51.4 Å². The molecule has 1 saturated heterocycles. The van der Waals surface area contributed by atoms with Crippen LogP contribution >= 0.6 is 24.8 Å². The Morgan fingerprint density at radius 1 is 0.955 bits per heavy atom. The van der Waals surface area contributed by atoms with Crippen LogP contribution in [0.25, 0.3) is 0 Å². The van der Waals surface area contributed by atoms with Crippen molar-refractivity contribution in [3.63, 3.8) is 0 Å². The van der Waals surface area contributed by atoms with E-state index in [0.29, 0.717) is 0 Å². The van der Waals surface area contributed by atoms with Crippen molar-refractivity contribution in [1.29, 1.82) is 0 Å². The molecule has 3 fully saturated rings. The summed E-state index contributed by atoms with van der Waals surface area (Å²) in [6, 6.07) is 0. The molecule has 0 aromatic heterocycles. The molecule has 2 aliphatic carbocycles. The number of nitrogens with zero attached hydrogens (tertiary/aromatic N) is 2. The van der Waals surface area contributed by atoms with E-state index in [4.69, 9.17) is 5.73 Å². The Morgan fingerprint density at radius 2 is 1.64 bits per heavy atom. The van der Waals surface area contributed by atoms with Crippen molar-refractivity contribution in [1.82, 2.24) is 9.80 Å². The Labute approximate surface area is 147 Å². The lowest BCUT2D eigenvalue weighted by molar-refractivity contribution is -0.133. The minimum absolute atomic E-state index is 0. The first-order valence-electron chi connectivity index (χ1n) is 8.48. The summed E-state index contributed by atoms with van der Waals surface area (Å²) in [5.41, 5.74) is 5.56. The summed E-state index contributed by atoms with van der Waals surface area (Å²) >= 11 is 0. The van der Waals surface area contributed by atoms with E-state index in [1.165, 1.54) is 38.6 Å². The van der Waals surface area contributed by atoms with Gasteiger partial charge in [-0.05, 0) is 44.6 Å². The summed E-state index contributed by atoms with van der Waals surface area (Å²) in [6.07, 6.45) is 9.95. The highest BCUT2D eigenvalue weighted by atomic mass is 35.5. The molecule has 4 nitrogen and oxygen atoms in total. The SMILES string of the molecule is Cl.Cl.NC1(C(=O)N2CCCN(CC3CCCCC3)CC2)CC1. The fourth-order valence-corrected chi connectivity index (χ4v) is 3.75. The van der Waals surface area contributed by atoms with Gasteiger partial charge in [-0.1, -0.05) is 19.3 Å². The quantitative estimate of drug-likeness (QED) is 0.849. The third-order valence-corrected chi connectivity index (χ3v) is 5.33. The fraction of sp³-hybridized carbons (Fsp3) is 0.938. The van der Waals surface area contributed by atoms with Crippen molar-refractivity contribution in [3.8, 4) is 0 Å². The second kappa shape index (κ2) is 8.72. The molecule has 130 valence electrons. The summed E-state index contributed by atoms with van der Waals surface area (Å²) in [5.74, 6) is 1.10. The highest BCUT2D eigenvalue weighted by Gasteiger charge is 2.48. The molecule has 3 aliphatic rings. The van der Waals surface area contributed by atoms with Crippen LogP contribution in [-0.4, -0.2) is 54.0 Å². The maximum Gasteiger partial charge on any atom is 0.242 e. The van der Waals surface area contributed by atoms with Crippen LogP contribution in [0.5, 0.6) is 0 Å². The zero-order chi connectivity index (χ0) is 14.0. The van der Waals surface area contributed by atoms with E-state index < -0.39 is 5.54 Å². The number of carbonyl (C=O) groups excluding carboxylic acids is 1. The molecular weight excluding hydrogens is 321 g/mol. The van der Waals surface area contributed by atoms with Crippen LogP contribution in [-0.2, 0) is 4.79 Å². The summed E-state index contributed by atoms with van der Waals surface area (Å²) < 4.78 is 0. The van der Waals surface area contributed by atoms with Crippen LogP contribution < -0.4 is 5.73 Å². The summed E-state index contributed by atoms with van der Waals surface area (Å²) in [6.45, 7) is 5.22. The Balaban J connectivity index is 0.00000121. The molecule has 0 spiro atoms. The second-order valence-electron chi connectivity index (χ2n) is 7.11. The Bertz CT molecular complexity index is 357. The van der Waals surface area contributed by atoms with E-state index in [9.17, 15) is 4.79 Å². The monoisotopic (exact) mass is 351 g/mol. The molecular formula is C16H31Cl2N3O. The molecule has 0 aromatic rings. The van der Waals surface area contributed by atoms with Gasteiger partial charge >= 0.3 is 0 Å². The summed E-state index contributed by atoms with van der Waals surface area (Å²) in [7, 11) is 0. The molecule has 2 saturated carbocycles. The molecule has 1 amide bonds. The first-order chi connectivity index (χ1) is 9.67. The molecule has 0 radical (unpaired) electrons. The Kier molecular flexibility index (Phi) is 7.93. The highest BCUT2D eigenvalue weighted by Crippen LogP contribution is 2.34. The van der Waals surface area contributed by atoms with Crippen LogP contribution in [0.1, 0.15) is 51.4 Å². The van der Waals surface area contributed by atoms with Gasteiger partial charge < -0.3 is 15.5 Å². The standard InChI is InChI=1S/C16H29N3O.2ClH/c17-16(7-8-16)15(20)19-10-4-9-18(11-12-19)13-14-5-2-1-3-6-14;;/h14H,1-13,17H2;2*1H. The van der Waals surface area contributed by atoms with Gasteiger partial charge in [0.25, 0.3) is 0 Å². The molecule has 1 heterocycles. The van der Waals surface area contributed by atoms with E-state index in [-0.39, 0.29) is 30.7 Å². The zero-order valence-corrected chi connectivity index (χ0v) is 15.1. The molecule has 0 aromatic carbocycles. The normalized spacial score (nSPS) is 25.6. The predicted molar refractivity (Wildman–Crippen MR) is 94.9 cm³/mol. The van der Waals surface area contributed by atoms with Gasteiger partial charge in [-0.2, -0.15) is 0 Å². The second-order valence-corrected chi connectivity index (χ2v) is 7.11. The van der Waals surface area contributed by atoms with E-state index in [1.807, 2.05) is 4.90 Å². The molecule has 0 unspecified atom stereocenters. The lowest BCUT2D eigenvalue weighted by Crippen LogP contribution is -2.47. The summed E-state index contributed by atoms with van der Waals surface area (Å²) in [4.78, 5) is 16.9. The highest BCUT2D eigenvalue weighted by molar-refractivity contribution is 5.89. The molecule has 0 atom stereocenters. The van der Waals surface area contributed by atoms with Gasteiger partial charge in [0.2, 0.25) is 5.91 Å². The molecule has 22 heavy (non-hydrogen) atoms. The van der Waals surface area contributed by atoms with E-state index in [1.54, 1.807) is 0 Å². The average molecular weight is 352 g/mol. The van der Waals surface area contributed by atoms with Crippen LogP contribution in [0.3, 0.4) is 0 Å². The maximum atomic E-state index is 12.3. The van der Waals surface area contributed by atoms with E-state index in [2.05, 4.69) is 4.90 Å². The molecule has 2 N–H and O–H groups in total.